The second-order valence-electron chi connectivity index (χ2n) is 8.71. The van der Waals surface area contributed by atoms with Gasteiger partial charge in [0.15, 0.2) is 17.3 Å². The molecule has 2 aliphatic rings. The first kappa shape index (κ1) is 19.4. The van der Waals surface area contributed by atoms with Gasteiger partial charge in [-0.15, -0.1) is 0 Å². The molecule has 1 aromatic carbocycles. The van der Waals surface area contributed by atoms with Gasteiger partial charge in [0.2, 0.25) is 0 Å². The summed E-state index contributed by atoms with van der Waals surface area (Å²) in [6.45, 7) is 1.95. The second kappa shape index (κ2) is 6.75. The van der Waals surface area contributed by atoms with Crippen LogP contribution in [0.1, 0.15) is 24.5 Å². The van der Waals surface area contributed by atoms with E-state index >= 15 is 0 Å². The summed E-state index contributed by atoms with van der Waals surface area (Å²) < 4.78 is 1.72. The summed E-state index contributed by atoms with van der Waals surface area (Å²) in [5, 5.41) is 14.4. The average Bonchev–Trinajstić information content (AvgIpc) is 3.38. The first-order valence-electron chi connectivity index (χ1n) is 10.2. The predicted octanol–water partition coefficient (Wildman–Crippen LogP) is 1.86. The highest BCUT2D eigenvalue weighted by Crippen LogP contribution is 2.50. The second-order valence-corrected chi connectivity index (χ2v) is 8.71. The number of carbonyl (C=O) groups is 1. The lowest BCUT2D eigenvalue weighted by atomic mass is 9.64. The smallest absolute Gasteiger partial charge is 0.261 e. The third-order valence-corrected chi connectivity index (χ3v) is 6.36. The Labute approximate surface area is 180 Å². The lowest BCUT2D eigenvalue weighted by Crippen LogP contribution is -2.47. The number of fused-ring (bicyclic) bond motifs is 2. The summed E-state index contributed by atoms with van der Waals surface area (Å²) in [4.78, 5) is 24.0. The molecule has 158 valence electrons. The van der Waals surface area contributed by atoms with E-state index in [1.165, 1.54) is 4.90 Å². The largest absolute Gasteiger partial charge is 0.396 e. The van der Waals surface area contributed by atoms with Crippen molar-refractivity contribution in [3.63, 3.8) is 0 Å². The number of rotatable bonds is 3. The number of aliphatic hydroxyl groups is 1. The summed E-state index contributed by atoms with van der Waals surface area (Å²) in [5.41, 5.74) is 8.12. The molecule has 5 rings (SSSR count). The number of likely N-dealkylation sites (N-methyl/N-ethyl adjacent to an activating group) is 1. The number of nitrogens with two attached hydrogens (primary N) is 1. The normalized spacial score (nSPS) is 25.1. The first-order valence-corrected chi connectivity index (χ1v) is 10.2. The van der Waals surface area contributed by atoms with Crippen LogP contribution in [0.5, 0.6) is 0 Å². The molecule has 1 aliphatic carbocycles. The number of aromatic nitrogens is 3. The van der Waals surface area contributed by atoms with Crippen LogP contribution >= 0.6 is 0 Å². The van der Waals surface area contributed by atoms with Crippen LogP contribution in [-0.4, -0.2) is 50.3 Å². The van der Waals surface area contributed by atoms with Crippen LogP contribution in [0.2, 0.25) is 0 Å². The van der Waals surface area contributed by atoms with Gasteiger partial charge in [0.25, 0.3) is 5.91 Å². The molecule has 0 saturated carbocycles. The first-order chi connectivity index (χ1) is 14.9. The number of hydrogen-bond donors (Lipinski definition) is 2. The Balaban J connectivity index is 1.71. The SMILES string of the molecule is CN1C(=O)C2(CC(C)(CO)Cc3ccc(-c4cccnc4-n4cccn4)cc32)N=C1N. The number of aliphatic hydroxyl groups excluding tert-OH is 1. The Morgan fingerprint density at radius 1 is 1.23 bits per heavy atom. The average molecular weight is 416 g/mol. The van der Waals surface area contributed by atoms with Crippen LogP contribution in [-0.2, 0) is 16.8 Å². The summed E-state index contributed by atoms with van der Waals surface area (Å²) in [5.74, 6) is 0.735. The van der Waals surface area contributed by atoms with Crippen LogP contribution in [0.3, 0.4) is 0 Å². The summed E-state index contributed by atoms with van der Waals surface area (Å²) in [6, 6.07) is 11.8. The van der Waals surface area contributed by atoms with Crippen LogP contribution in [0.4, 0.5) is 0 Å². The van der Waals surface area contributed by atoms with E-state index in [9.17, 15) is 9.90 Å². The molecule has 1 amide bonds. The summed E-state index contributed by atoms with van der Waals surface area (Å²) in [7, 11) is 1.64. The molecule has 0 radical (unpaired) electrons. The van der Waals surface area contributed by atoms with E-state index in [2.05, 4.69) is 15.1 Å². The maximum atomic E-state index is 13.4. The molecule has 8 nitrogen and oxygen atoms in total. The minimum absolute atomic E-state index is 0.0333. The number of amides is 1. The topological polar surface area (TPSA) is 110 Å². The van der Waals surface area contributed by atoms with Crippen molar-refractivity contribution in [2.24, 2.45) is 16.1 Å². The van der Waals surface area contributed by atoms with Gasteiger partial charge in [-0.3, -0.25) is 9.69 Å². The molecule has 2 atom stereocenters. The Morgan fingerprint density at radius 3 is 2.74 bits per heavy atom. The molecule has 2 unspecified atom stereocenters. The zero-order chi connectivity index (χ0) is 21.8. The molecule has 3 heterocycles. The Hall–Kier alpha value is -3.52. The molecule has 8 heteroatoms. The third kappa shape index (κ3) is 2.86. The molecular formula is C23H24N6O2. The van der Waals surface area contributed by atoms with Gasteiger partial charge in [0.05, 0.1) is 0 Å². The Morgan fingerprint density at radius 2 is 2.06 bits per heavy atom. The fourth-order valence-corrected chi connectivity index (χ4v) is 4.82. The molecule has 1 aliphatic heterocycles. The standard InChI is InChI=1S/C23H24N6O2/c1-22(14-30)12-16-7-6-15(17-5-3-8-25-19(17)29-10-4-9-26-29)11-18(16)23(13-22)20(31)28(2)21(24)27-23/h3-11,30H,12-14H2,1-2H3,(H2,24,27). The lowest BCUT2D eigenvalue weighted by molar-refractivity contribution is -0.132. The van der Waals surface area contributed by atoms with Gasteiger partial charge in [0.1, 0.15) is 0 Å². The molecule has 2 aromatic heterocycles. The van der Waals surface area contributed by atoms with Gasteiger partial charge in [-0.1, -0.05) is 19.1 Å². The predicted molar refractivity (Wildman–Crippen MR) is 116 cm³/mol. The van der Waals surface area contributed by atoms with E-state index in [0.29, 0.717) is 18.7 Å². The molecule has 0 saturated heterocycles. The summed E-state index contributed by atoms with van der Waals surface area (Å²) in [6.07, 6.45) is 6.34. The van der Waals surface area contributed by atoms with Crippen molar-refractivity contribution in [3.05, 3.63) is 66.1 Å². The van der Waals surface area contributed by atoms with E-state index in [1.807, 2.05) is 49.5 Å². The molecule has 31 heavy (non-hydrogen) atoms. The van der Waals surface area contributed by atoms with E-state index in [4.69, 9.17) is 5.73 Å². The van der Waals surface area contributed by atoms with E-state index < -0.39 is 11.0 Å². The maximum absolute atomic E-state index is 13.4. The number of nitrogens with zero attached hydrogens (tertiary/aromatic N) is 5. The van der Waals surface area contributed by atoms with Crippen molar-refractivity contribution < 1.29 is 9.90 Å². The number of guanidine groups is 1. The fourth-order valence-electron chi connectivity index (χ4n) is 4.82. The van der Waals surface area contributed by atoms with Gasteiger partial charge in [-0.2, -0.15) is 5.10 Å². The quantitative estimate of drug-likeness (QED) is 0.677. The zero-order valence-corrected chi connectivity index (χ0v) is 17.5. The van der Waals surface area contributed by atoms with Gasteiger partial charge >= 0.3 is 0 Å². The van der Waals surface area contributed by atoms with Gasteiger partial charge < -0.3 is 10.8 Å². The van der Waals surface area contributed by atoms with Crippen LogP contribution < -0.4 is 5.73 Å². The van der Waals surface area contributed by atoms with Crippen molar-refractivity contribution in [1.82, 2.24) is 19.7 Å². The Bertz CT molecular complexity index is 1200. The lowest BCUT2D eigenvalue weighted by Gasteiger charge is -2.42. The minimum atomic E-state index is -1.13. The van der Waals surface area contributed by atoms with Crippen LogP contribution in [0, 0.1) is 5.41 Å². The van der Waals surface area contributed by atoms with Crippen molar-refractivity contribution >= 4 is 11.9 Å². The molecule has 0 bridgehead atoms. The van der Waals surface area contributed by atoms with Crippen molar-refractivity contribution in [2.75, 3.05) is 13.7 Å². The molecule has 3 N–H and O–H groups in total. The van der Waals surface area contributed by atoms with Crippen molar-refractivity contribution in [3.8, 4) is 16.9 Å². The number of carbonyl (C=O) groups excluding carboxylic acids is 1. The number of benzene rings is 1. The molecular weight excluding hydrogens is 392 g/mol. The molecule has 0 fully saturated rings. The van der Waals surface area contributed by atoms with Gasteiger partial charge in [-0.05, 0) is 59.2 Å². The molecule has 3 aromatic rings. The van der Waals surface area contributed by atoms with E-state index in [0.717, 1.165) is 22.3 Å². The number of aliphatic imine (C=N–C) groups is 1. The van der Waals surface area contributed by atoms with Crippen LogP contribution in [0.25, 0.3) is 16.9 Å². The highest BCUT2D eigenvalue weighted by Gasteiger charge is 2.55. The summed E-state index contributed by atoms with van der Waals surface area (Å²) >= 11 is 0. The third-order valence-electron chi connectivity index (χ3n) is 6.36. The van der Waals surface area contributed by atoms with Gasteiger partial charge in [0, 0.05) is 37.8 Å². The number of pyridine rings is 1. The van der Waals surface area contributed by atoms with Crippen molar-refractivity contribution in [2.45, 2.75) is 25.3 Å². The highest BCUT2D eigenvalue weighted by atomic mass is 16.3. The fraction of sp³-hybridized carbons (Fsp3) is 0.304. The van der Waals surface area contributed by atoms with Crippen molar-refractivity contribution in [1.29, 1.82) is 0 Å². The minimum Gasteiger partial charge on any atom is -0.396 e. The van der Waals surface area contributed by atoms with Gasteiger partial charge in [-0.25, -0.2) is 14.7 Å². The Kier molecular flexibility index (Phi) is 4.23. The van der Waals surface area contributed by atoms with Crippen LogP contribution in [0.15, 0.2) is 60.0 Å². The highest BCUT2D eigenvalue weighted by molar-refractivity contribution is 6.07. The number of hydrogen-bond acceptors (Lipinski definition) is 6. The monoisotopic (exact) mass is 416 g/mol. The maximum Gasteiger partial charge on any atom is 0.261 e. The van der Waals surface area contributed by atoms with E-state index in [-0.39, 0.29) is 18.5 Å². The van der Waals surface area contributed by atoms with E-state index in [1.54, 1.807) is 24.1 Å². The zero-order valence-electron chi connectivity index (χ0n) is 17.5. The molecule has 1 spiro atoms.